The van der Waals surface area contributed by atoms with E-state index in [9.17, 15) is 22.8 Å². The molecule has 0 amide bonds. The Labute approximate surface area is 225 Å². The van der Waals surface area contributed by atoms with Crippen LogP contribution in [0.5, 0.6) is 0 Å². The van der Waals surface area contributed by atoms with E-state index in [-0.39, 0.29) is 18.7 Å². The highest BCUT2D eigenvalue weighted by molar-refractivity contribution is 6.64. The van der Waals surface area contributed by atoms with Gasteiger partial charge in [-0.2, -0.15) is 13.2 Å². The summed E-state index contributed by atoms with van der Waals surface area (Å²) in [7, 11) is 2.83. The van der Waals surface area contributed by atoms with Gasteiger partial charge in [0.2, 0.25) is 0 Å². The first-order chi connectivity index (χ1) is 18.8. The molecule has 0 N–H and O–H groups in total. The molecule has 3 aromatic rings. The Morgan fingerprint density at radius 3 is 2.67 bits per heavy atom. The number of rotatable bonds is 7. The molecule has 10 heteroatoms. The molecular formula is C29H26BF3N3O3. The minimum Gasteiger partial charge on any atom is -0.469 e. The molecule has 2 aromatic carbocycles. The first-order valence-corrected chi connectivity index (χ1v) is 12.5. The number of carbonyl (C=O) groups is 2. The Kier molecular flexibility index (Phi) is 9.15. The van der Waals surface area contributed by atoms with E-state index < -0.39 is 23.4 Å². The summed E-state index contributed by atoms with van der Waals surface area (Å²) in [5.41, 5.74) is 1.52. The van der Waals surface area contributed by atoms with Crippen molar-refractivity contribution in [3.05, 3.63) is 94.1 Å². The molecule has 1 radical (unpaired) electrons. The number of methoxy groups -OCH3 is 1. The number of alkyl halides is 3. The predicted octanol–water partition coefficient (Wildman–Crippen LogP) is 4.19. The lowest BCUT2D eigenvalue weighted by atomic mass is 9.84. The average Bonchev–Trinajstić information content (AvgIpc) is 2.93. The van der Waals surface area contributed by atoms with Crippen molar-refractivity contribution in [1.82, 2.24) is 14.8 Å². The number of piperidine rings is 1. The second kappa shape index (κ2) is 12.7. The Morgan fingerprint density at radius 1 is 1.18 bits per heavy atom. The molecule has 2 heterocycles. The number of halogens is 3. The van der Waals surface area contributed by atoms with Crippen molar-refractivity contribution in [2.24, 2.45) is 0 Å². The quantitative estimate of drug-likeness (QED) is 0.197. The van der Waals surface area contributed by atoms with Gasteiger partial charge in [-0.3, -0.25) is 4.79 Å². The monoisotopic (exact) mass is 532 g/mol. The van der Waals surface area contributed by atoms with Crippen molar-refractivity contribution in [1.29, 1.82) is 0 Å². The van der Waals surface area contributed by atoms with Gasteiger partial charge in [0.25, 0.3) is 7.41 Å². The number of carbonyl (C=O) groups excluding carboxylic acids is 2. The maximum absolute atomic E-state index is 13.7. The SMILES string of the molecule is COC(=O)Cc1ccccc1C#Cc1nc(Cc2ccc(C3CCCN([B]C=O)C3)cc2)ncc1C(F)(F)F. The van der Waals surface area contributed by atoms with Crippen LogP contribution in [0.3, 0.4) is 0 Å². The minimum atomic E-state index is -4.68. The van der Waals surface area contributed by atoms with E-state index >= 15 is 0 Å². The number of ether oxygens (including phenoxy) is 1. The van der Waals surface area contributed by atoms with Gasteiger partial charge >= 0.3 is 12.1 Å². The largest absolute Gasteiger partial charge is 0.469 e. The third-order valence-corrected chi connectivity index (χ3v) is 6.58. The summed E-state index contributed by atoms with van der Waals surface area (Å²) in [6.45, 7) is 1.63. The predicted molar refractivity (Wildman–Crippen MR) is 140 cm³/mol. The third kappa shape index (κ3) is 7.55. The van der Waals surface area contributed by atoms with Gasteiger partial charge in [0.05, 0.1) is 19.7 Å². The van der Waals surface area contributed by atoms with E-state index in [4.69, 9.17) is 4.74 Å². The highest BCUT2D eigenvalue weighted by Gasteiger charge is 2.34. The summed E-state index contributed by atoms with van der Waals surface area (Å²) in [5.74, 6) is 5.34. The molecule has 1 aliphatic heterocycles. The topological polar surface area (TPSA) is 72.4 Å². The van der Waals surface area contributed by atoms with E-state index in [0.29, 0.717) is 17.0 Å². The zero-order valence-electron chi connectivity index (χ0n) is 21.4. The highest BCUT2D eigenvalue weighted by Crippen LogP contribution is 2.31. The molecule has 1 fully saturated rings. The number of nitrogens with zero attached hydrogens (tertiary/aromatic N) is 3. The first kappa shape index (κ1) is 28.1. The van der Waals surface area contributed by atoms with Crippen LogP contribution in [0.2, 0.25) is 0 Å². The smallest absolute Gasteiger partial charge is 0.420 e. The van der Waals surface area contributed by atoms with E-state index in [1.54, 1.807) is 31.7 Å². The molecule has 1 atom stereocenters. The van der Waals surface area contributed by atoms with Crippen LogP contribution in [-0.2, 0) is 33.3 Å². The molecule has 1 unspecified atom stereocenters. The molecule has 39 heavy (non-hydrogen) atoms. The Balaban J connectivity index is 1.56. The lowest BCUT2D eigenvalue weighted by molar-refractivity contribution is -0.140. The normalized spacial score (nSPS) is 15.6. The molecular weight excluding hydrogens is 506 g/mol. The fraction of sp³-hybridized carbons (Fsp3) is 0.310. The van der Waals surface area contributed by atoms with E-state index in [1.807, 2.05) is 29.1 Å². The van der Waals surface area contributed by atoms with Gasteiger partial charge in [-0.05, 0) is 60.5 Å². The number of aromatic nitrogens is 2. The second-order valence-corrected chi connectivity index (χ2v) is 9.24. The lowest BCUT2D eigenvalue weighted by Crippen LogP contribution is -2.37. The van der Waals surface area contributed by atoms with Gasteiger partial charge in [-0.1, -0.05) is 48.4 Å². The number of hydrogen-bond acceptors (Lipinski definition) is 6. The fourth-order valence-electron chi connectivity index (χ4n) is 4.55. The van der Waals surface area contributed by atoms with Gasteiger partial charge in [-0.15, -0.1) is 0 Å². The Hall–Kier alpha value is -3.97. The summed E-state index contributed by atoms with van der Waals surface area (Å²) in [5, 5.41) is 0. The summed E-state index contributed by atoms with van der Waals surface area (Å²) in [6, 6.07) is 14.6. The van der Waals surface area contributed by atoms with Crippen LogP contribution in [0.15, 0.2) is 54.7 Å². The van der Waals surface area contributed by atoms with Gasteiger partial charge in [0.15, 0.2) is 0 Å². The van der Waals surface area contributed by atoms with Crippen molar-refractivity contribution in [3.8, 4) is 11.8 Å². The average molecular weight is 532 g/mol. The zero-order chi connectivity index (χ0) is 27.8. The van der Waals surface area contributed by atoms with E-state index in [0.717, 1.165) is 49.4 Å². The lowest BCUT2D eigenvalue weighted by Gasteiger charge is -2.31. The third-order valence-electron chi connectivity index (χ3n) is 6.58. The van der Waals surface area contributed by atoms with Crippen LogP contribution in [0.4, 0.5) is 13.2 Å². The molecule has 6 nitrogen and oxygen atoms in total. The van der Waals surface area contributed by atoms with Crippen LogP contribution >= 0.6 is 0 Å². The molecule has 0 aliphatic carbocycles. The van der Waals surface area contributed by atoms with Gasteiger partial charge in [-0.25, -0.2) is 9.97 Å². The van der Waals surface area contributed by atoms with Crippen molar-refractivity contribution in [2.75, 3.05) is 20.2 Å². The van der Waals surface area contributed by atoms with Crippen LogP contribution in [0.25, 0.3) is 0 Å². The van der Waals surface area contributed by atoms with Crippen LogP contribution in [-0.4, -0.2) is 54.5 Å². The molecule has 1 aliphatic rings. The molecule has 4 rings (SSSR count). The van der Waals surface area contributed by atoms with Gasteiger partial charge < -0.3 is 14.3 Å². The maximum atomic E-state index is 13.7. The Morgan fingerprint density at radius 2 is 1.95 bits per heavy atom. The summed E-state index contributed by atoms with van der Waals surface area (Å²) < 4.78 is 45.8. The van der Waals surface area contributed by atoms with Crippen molar-refractivity contribution >= 4 is 19.6 Å². The minimum absolute atomic E-state index is 0.0489. The number of hydrogen-bond donors (Lipinski definition) is 0. The first-order valence-electron chi connectivity index (χ1n) is 12.5. The summed E-state index contributed by atoms with van der Waals surface area (Å²) >= 11 is 0. The molecule has 0 spiro atoms. The Bertz CT molecular complexity index is 1380. The molecule has 1 aromatic heterocycles. The van der Waals surface area contributed by atoms with Gasteiger partial charge in [0.1, 0.15) is 17.1 Å². The molecule has 0 saturated carbocycles. The standard InChI is InChI=1S/C29H26BF3N3O3/c1-39-28(38)16-23-6-3-2-5-21(23)12-13-26-25(29(31,32)33)17-34-27(35-26)15-20-8-10-22(11-9-20)24-7-4-14-36(18-24)30-19-37/h2-3,5-6,8-11,17,19,24H,4,7,14-16,18H2,1H3. The van der Waals surface area contributed by atoms with E-state index in [2.05, 4.69) is 21.8 Å². The summed E-state index contributed by atoms with van der Waals surface area (Å²) in [4.78, 5) is 32.7. The van der Waals surface area contributed by atoms with Crippen LogP contribution < -0.4 is 0 Å². The van der Waals surface area contributed by atoms with Gasteiger partial charge in [0, 0.05) is 18.2 Å². The van der Waals surface area contributed by atoms with E-state index in [1.165, 1.54) is 7.11 Å². The molecule has 199 valence electrons. The van der Waals surface area contributed by atoms with Crippen molar-refractivity contribution in [3.63, 3.8) is 0 Å². The second-order valence-electron chi connectivity index (χ2n) is 9.24. The van der Waals surface area contributed by atoms with Crippen LogP contribution in [0, 0.1) is 11.8 Å². The van der Waals surface area contributed by atoms with Crippen molar-refractivity contribution in [2.45, 2.75) is 37.8 Å². The maximum Gasteiger partial charge on any atom is 0.420 e. The fourth-order valence-corrected chi connectivity index (χ4v) is 4.55. The highest BCUT2D eigenvalue weighted by atomic mass is 19.4. The molecule has 0 bridgehead atoms. The zero-order valence-corrected chi connectivity index (χ0v) is 21.4. The summed E-state index contributed by atoms with van der Waals surface area (Å²) in [6.07, 6.45) is -0.904. The number of esters is 1. The van der Waals surface area contributed by atoms with Crippen molar-refractivity contribution < 1.29 is 27.5 Å². The van der Waals surface area contributed by atoms with Crippen LogP contribution in [0.1, 0.15) is 58.1 Å². The number of benzene rings is 2. The molecule has 1 saturated heterocycles.